The number of hydrogen-bond donors (Lipinski definition) is 2. The zero-order valence-electron chi connectivity index (χ0n) is 12.7. The van der Waals surface area contributed by atoms with Crippen LogP contribution in [0.25, 0.3) is 0 Å². The van der Waals surface area contributed by atoms with Crippen LogP contribution in [0.3, 0.4) is 0 Å². The number of aryl methyl sites for hydroxylation is 1. The minimum atomic E-state index is 0.520. The molecule has 0 unspecified atom stereocenters. The molecule has 0 heterocycles. The third kappa shape index (κ3) is 7.14. The second-order valence-corrected chi connectivity index (χ2v) is 4.66. The largest absolute Gasteiger partial charge is 0.382 e. The van der Waals surface area contributed by atoms with Crippen LogP contribution in [0.15, 0.2) is 29.3 Å². The van der Waals surface area contributed by atoms with Gasteiger partial charge >= 0.3 is 0 Å². The van der Waals surface area contributed by atoms with E-state index in [2.05, 4.69) is 41.5 Å². The van der Waals surface area contributed by atoms with Crippen LogP contribution < -0.4 is 11.1 Å². The van der Waals surface area contributed by atoms with Gasteiger partial charge in [-0.15, -0.1) is 0 Å². The van der Waals surface area contributed by atoms with Crippen molar-refractivity contribution in [2.75, 3.05) is 26.3 Å². The minimum Gasteiger partial charge on any atom is -0.382 e. The first kappa shape index (κ1) is 16.5. The lowest BCUT2D eigenvalue weighted by molar-refractivity contribution is 0.146. The average Bonchev–Trinajstić information content (AvgIpc) is 2.48. The summed E-state index contributed by atoms with van der Waals surface area (Å²) in [7, 11) is 0. The van der Waals surface area contributed by atoms with Crippen LogP contribution >= 0.6 is 0 Å². The van der Waals surface area contributed by atoms with E-state index in [4.69, 9.17) is 10.5 Å². The maximum absolute atomic E-state index is 5.80. The number of hydrogen-bond acceptors (Lipinski definition) is 2. The summed E-state index contributed by atoms with van der Waals surface area (Å²) >= 11 is 0. The molecule has 0 bridgehead atoms. The molecule has 4 heteroatoms. The van der Waals surface area contributed by atoms with Gasteiger partial charge in [-0.3, -0.25) is 4.99 Å². The monoisotopic (exact) mass is 277 g/mol. The van der Waals surface area contributed by atoms with E-state index in [1.54, 1.807) is 0 Å². The highest BCUT2D eigenvalue weighted by molar-refractivity contribution is 5.77. The van der Waals surface area contributed by atoms with Crippen LogP contribution in [0.2, 0.25) is 0 Å². The second kappa shape index (κ2) is 10.3. The summed E-state index contributed by atoms with van der Waals surface area (Å²) in [5.41, 5.74) is 8.49. The molecule has 0 amide bonds. The van der Waals surface area contributed by atoms with Crippen LogP contribution in [0, 0.1) is 0 Å². The predicted octanol–water partition coefficient (Wildman–Crippen LogP) is 2.12. The van der Waals surface area contributed by atoms with Gasteiger partial charge in [0.1, 0.15) is 0 Å². The Bertz CT molecular complexity index is 387. The molecule has 0 aliphatic rings. The van der Waals surface area contributed by atoms with E-state index in [1.807, 2.05) is 6.92 Å². The van der Waals surface area contributed by atoms with Gasteiger partial charge in [0.05, 0.1) is 0 Å². The second-order valence-electron chi connectivity index (χ2n) is 4.66. The number of rotatable bonds is 9. The molecule has 0 saturated carbocycles. The molecule has 3 N–H and O–H groups in total. The molecule has 1 aromatic carbocycles. The van der Waals surface area contributed by atoms with Gasteiger partial charge in [0.25, 0.3) is 0 Å². The normalized spacial score (nSPS) is 11.6. The summed E-state index contributed by atoms with van der Waals surface area (Å²) in [5, 5.41) is 3.14. The van der Waals surface area contributed by atoms with Crippen molar-refractivity contribution in [3.8, 4) is 0 Å². The van der Waals surface area contributed by atoms with Crippen LogP contribution in [-0.4, -0.2) is 32.3 Å². The highest BCUT2D eigenvalue weighted by atomic mass is 16.5. The van der Waals surface area contributed by atoms with Crippen LogP contribution in [0.1, 0.15) is 31.4 Å². The summed E-state index contributed by atoms with van der Waals surface area (Å²) in [6.07, 6.45) is 2.95. The highest BCUT2D eigenvalue weighted by Gasteiger charge is 1.95. The van der Waals surface area contributed by atoms with Crippen molar-refractivity contribution in [3.05, 3.63) is 35.4 Å². The standard InChI is InChI=1S/C16H27N3O/c1-3-14-6-8-15(9-7-14)10-12-19-16(17)18-11-5-13-20-4-2/h6-9H,3-5,10-13H2,1-2H3,(H3,17,18,19). The lowest BCUT2D eigenvalue weighted by atomic mass is 10.1. The summed E-state index contributed by atoms with van der Waals surface area (Å²) in [5.74, 6) is 0.520. The molecule has 112 valence electrons. The molecule has 0 fully saturated rings. The van der Waals surface area contributed by atoms with Gasteiger partial charge in [-0.2, -0.15) is 0 Å². The lowest BCUT2D eigenvalue weighted by Gasteiger charge is -2.06. The van der Waals surface area contributed by atoms with Gasteiger partial charge in [0.2, 0.25) is 0 Å². The van der Waals surface area contributed by atoms with Gasteiger partial charge in [0.15, 0.2) is 5.96 Å². The van der Waals surface area contributed by atoms with Gasteiger partial charge < -0.3 is 15.8 Å². The highest BCUT2D eigenvalue weighted by Crippen LogP contribution is 2.05. The number of benzene rings is 1. The van der Waals surface area contributed by atoms with Crippen molar-refractivity contribution >= 4 is 5.96 Å². The fourth-order valence-corrected chi connectivity index (χ4v) is 1.84. The van der Waals surface area contributed by atoms with Crippen LogP contribution in [-0.2, 0) is 17.6 Å². The molecular formula is C16H27N3O. The maximum Gasteiger partial charge on any atom is 0.188 e. The van der Waals surface area contributed by atoms with E-state index in [0.717, 1.165) is 39.0 Å². The Morgan fingerprint density at radius 3 is 2.55 bits per heavy atom. The third-order valence-electron chi connectivity index (χ3n) is 3.08. The number of ether oxygens (including phenoxy) is 1. The fraction of sp³-hybridized carbons (Fsp3) is 0.562. The van der Waals surface area contributed by atoms with E-state index < -0.39 is 0 Å². The maximum atomic E-state index is 5.80. The molecule has 1 rings (SSSR count). The molecule has 0 radical (unpaired) electrons. The Morgan fingerprint density at radius 2 is 1.90 bits per heavy atom. The van der Waals surface area contributed by atoms with E-state index in [0.29, 0.717) is 12.5 Å². The summed E-state index contributed by atoms with van der Waals surface area (Å²) < 4.78 is 5.24. The predicted molar refractivity (Wildman–Crippen MR) is 85.1 cm³/mol. The molecule has 0 atom stereocenters. The van der Waals surface area contributed by atoms with Gasteiger partial charge in [-0.25, -0.2) is 0 Å². The Morgan fingerprint density at radius 1 is 1.20 bits per heavy atom. The van der Waals surface area contributed by atoms with Gasteiger partial charge in [-0.1, -0.05) is 31.2 Å². The van der Waals surface area contributed by atoms with Gasteiger partial charge in [-0.05, 0) is 37.3 Å². The Balaban J connectivity index is 2.17. The SMILES string of the molecule is CCOCCCN=C(N)NCCc1ccc(CC)cc1. The third-order valence-corrected chi connectivity index (χ3v) is 3.08. The van der Waals surface area contributed by atoms with Crippen molar-refractivity contribution in [2.24, 2.45) is 10.7 Å². The lowest BCUT2D eigenvalue weighted by Crippen LogP contribution is -2.33. The first-order chi connectivity index (χ1) is 9.76. The van der Waals surface area contributed by atoms with E-state index in [-0.39, 0.29) is 0 Å². The molecule has 20 heavy (non-hydrogen) atoms. The zero-order valence-corrected chi connectivity index (χ0v) is 12.7. The van der Waals surface area contributed by atoms with Crippen LogP contribution in [0.5, 0.6) is 0 Å². The topological polar surface area (TPSA) is 59.6 Å². The van der Waals surface area contributed by atoms with E-state index >= 15 is 0 Å². The van der Waals surface area contributed by atoms with Crippen LogP contribution in [0.4, 0.5) is 0 Å². The average molecular weight is 277 g/mol. The van der Waals surface area contributed by atoms with E-state index in [1.165, 1.54) is 11.1 Å². The number of guanidine groups is 1. The molecule has 0 aliphatic carbocycles. The summed E-state index contributed by atoms with van der Waals surface area (Å²) in [6, 6.07) is 8.72. The summed E-state index contributed by atoms with van der Waals surface area (Å²) in [4.78, 5) is 4.26. The Hall–Kier alpha value is -1.55. The Labute approximate surface area is 122 Å². The minimum absolute atomic E-state index is 0.520. The Kier molecular flexibility index (Phi) is 8.47. The first-order valence-electron chi connectivity index (χ1n) is 7.45. The number of nitrogens with zero attached hydrogens (tertiary/aromatic N) is 1. The smallest absolute Gasteiger partial charge is 0.188 e. The van der Waals surface area contributed by atoms with Crippen molar-refractivity contribution in [1.82, 2.24) is 5.32 Å². The number of aliphatic imine (C=N–C) groups is 1. The molecule has 1 aromatic rings. The van der Waals surface area contributed by atoms with Crippen molar-refractivity contribution in [2.45, 2.75) is 33.1 Å². The number of nitrogens with one attached hydrogen (secondary N) is 1. The summed E-state index contributed by atoms with van der Waals surface area (Å²) in [6.45, 7) is 7.19. The van der Waals surface area contributed by atoms with Gasteiger partial charge in [0, 0.05) is 26.3 Å². The molecule has 0 aliphatic heterocycles. The quantitative estimate of drug-likeness (QED) is 0.413. The zero-order chi connectivity index (χ0) is 14.6. The molecule has 4 nitrogen and oxygen atoms in total. The van der Waals surface area contributed by atoms with E-state index in [9.17, 15) is 0 Å². The molecule has 0 aromatic heterocycles. The molecular weight excluding hydrogens is 250 g/mol. The van der Waals surface area contributed by atoms with Crippen molar-refractivity contribution in [3.63, 3.8) is 0 Å². The number of nitrogens with two attached hydrogens (primary N) is 1. The molecule has 0 spiro atoms. The van der Waals surface area contributed by atoms with Crippen molar-refractivity contribution in [1.29, 1.82) is 0 Å². The fourth-order valence-electron chi connectivity index (χ4n) is 1.84. The first-order valence-corrected chi connectivity index (χ1v) is 7.45. The van der Waals surface area contributed by atoms with Crippen molar-refractivity contribution < 1.29 is 4.74 Å². The molecule has 0 saturated heterocycles.